The lowest BCUT2D eigenvalue weighted by atomic mass is 10.2. The van der Waals surface area contributed by atoms with Crippen molar-refractivity contribution in [2.75, 3.05) is 19.6 Å². The van der Waals surface area contributed by atoms with E-state index in [1.165, 1.54) is 0 Å². The Balaban J connectivity index is 0.00000180. The number of sulfonamides is 1. The molecule has 0 bridgehead atoms. The monoisotopic (exact) mass is 304 g/mol. The van der Waals surface area contributed by atoms with Crippen LogP contribution in [0.4, 0.5) is 0 Å². The SMILES string of the molecule is CCc1ccc(S(=O)(=O)N2CCNCC2C)cc1.Cl. The van der Waals surface area contributed by atoms with Crippen LogP contribution >= 0.6 is 12.4 Å². The van der Waals surface area contributed by atoms with Gasteiger partial charge in [-0.05, 0) is 31.0 Å². The van der Waals surface area contributed by atoms with E-state index in [9.17, 15) is 8.42 Å². The number of nitrogens with zero attached hydrogens (tertiary/aromatic N) is 1. The zero-order valence-corrected chi connectivity index (χ0v) is 12.9. The quantitative estimate of drug-likeness (QED) is 0.924. The first kappa shape index (κ1) is 16.4. The van der Waals surface area contributed by atoms with Crippen molar-refractivity contribution >= 4 is 22.4 Å². The van der Waals surface area contributed by atoms with Gasteiger partial charge in [0, 0.05) is 25.7 Å². The van der Waals surface area contributed by atoms with Gasteiger partial charge in [-0.15, -0.1) is 12.4 Å². The molecule has 1 saturated heterocycles. The number of hydrogen-bond donors (Lipinski definition) is 1. The average molecular weight is 305 g/mol. The number of aryl methyl sites for hydroxylation is 1. The summed E-state index contributed by atoms with van der Waals surface area (Å²) in [5.41, 5.74) is 1.15. The maximum Gasteiger partial charge on any atom is 0.243 e. The molecule has 0 radical (unpaired) electrons. The Bertz CT molecular complexity index is 502. The van der Waals surface area contributed by atoms with Gasteiger partial charge in [0.25, 0.3) is 0 Å². The molecule has 1 N–H and O–H groups in total. The molecule has 0 aliphatic carbocycles. The fraction of sp³-hybridized carbons (Fsp3) is 0.538. The highest BCUT2D eigenvalue weighted by Crippen LogP contribution is 2.19. The van der Waals surface area contributed by atoms with Gasteiger partial charge in [-0.1, -0.05) is 19.1 Å². The van der Waals surface area contributed by atoms with E-state index in [4.69, 9.17) is 0 Å². The van der Waals surface area contributed by atoms with E-state index in [-0.39, 0.29) is 18.4 Å². The summed E-state index contributed by atoms with van der Waals surface area (Å²) in [4.78, 5) is 0.397. The van der Waals surface area contributed by atoms with E-state index in [1.807, 2.05) is 19.1 Å². The maximum absolute atomic E-state index is 12.5. The minimum Gasteiger partial charge on any atom is -0.314 e. The van der Waals surface area contributed by atoms with E-state index in [0.717, 1.165) is 18.5 Å². The van der Waals surface area contributed by atoms with Crippen LogP contribution in [0.3, 0.4) is 0 Å². The summed E-state index contributed by atoms with van der Waals surface area (Å²) < 4.78 is 26.6. The van der Waals surface area contributed by atoms with Crippen LogP contribution in [0.2, 0.25) is 0 Å². The molecule has 1 heterocycles. The fourth-order valence-corrected chi connectivity index (χ4v) is 3.84. The second kappa shape index (κ2) is 6.70. The van der Waals surface area contributed by atoms with Crippen LogP contribution in [0.25, 0.3) is 0 Å². The Morgan fingerprint density at radius 2 is 1.95 bits per heavy atom. The molecule has 0 amide bonds. The van der Waals surface area contributed by atoms with E-state index in [0.29, 0.717) is 18.0 Å². The van der Waals surface area contributed by atoms with E-state index in [2.05, 4.69) is 12.2 Å². The Kier molecular flexibility index (Phi) is 5.80. The molecule has 1 aromatic rings. The molecule has 2 rings (SSSR count). The van der Waals surface area contributed by atoms with Crippen molar-refractivity contribution in [2.24, 2.45) is 0 Å². The number of rotatable bonds is 3. The Hall–Kier alpha value is -0.620. The van der Waals surface area contributed by atoms with Gasteiger partial charge in [0.1, 0.15) is 0 Å². The molecular weight excluding hydrogens is 284 g/mol. The highest BCUT2D eigenvalue weighted by Gasteiger charge is 2.30. The van der Waals surface area contributed by atoms with Crippen molar-refractivity contribution < 1.29 is 8.42 Å². The van der Waals surface area contributed by atoms with Crippen molar-refractivity contribution in [1.29, 1.82) is 0 Å². The van der Waals surface area contributed by atoms with Crippen LogP contribution in [0, 0.1) is 0 Å². The minimum atomic E-state index is -3.34. The van der Waals surface area contributed by atoms with Gasteiger partial charge in [-0.25, -0.2) is 8.42 Å². The number of benzene rings is 1. The summed E-state index contributed by atoms with van der Waals surface area (Å²) in [6, 6.07) is 7.21. The molecule has 108 valence electrons. The van der Waals surface area contributed by atoms with Crippen LogP contribution in [0.5, 0.6) is 0 Å². The van der Waals surface area contributed by atoms with Gasteiger partial charge in [-0.3, -0.25) is 0 Å². The van der Waals surface area contributed by atoms with Crippen molar-refractivity contribution in [2.45, 2.75) is 31.2 Å². The summed E-state index contributed by atoms with van der Waals surface area (Å²) in [6.07, 6.45) is 0.921. The van der Waals surface area contributed by atoms with Crippen LogP contribution in [0.15, 0.2) is 29.2 Å². The van der Waals surface area contributed by atoms with Gasteiger partial charge in [0.2, 0.25) is 10.0 Å². The molecule has 6 heteroatoms. The number of piperazine rings is 1. The summed E-state index contributed by atoms with van der Waals surface area (Å²) >= 11 is 0. The third kappa shape index (κ3) is 3.48. The largest absolute Gasteiger partial charge is 0.314 e. The second-order valence-electron chi connectivity index (χ2n) is 4.67. The number of hydrogen-bond acceptors (Lipinski definition) is 3. The molecule has 0 saturated carbocycles. The lowest BCUT2D eigenvalue weighted by molar-refractivity contribution is 0.284. The number of halogens is 1. The molecule has 1 aliphatic rings. The predicted molar refractivity (Wildman–Crippen MR) is 79.3 cm³/mol. The Labute approximate surface area is 121 Å². The summed E-state index contributed by atoms with van der Waals surface area (Å²) in [5.74, 6) is 0. The van der Waals surface area contributed by atoms with Gasteiger partial charge in [0.05, 0.1) is 4.90 Å². The molecule has 0 aromatic heterocycles. The zero-order chi connectivity index (χ0) is 13.2. The van der Waals surface area contributed by atoms with Crippen LogP contribution in [0.1, 0.15) is 19.4 Å². The Morgan fingerprint density at radius 1 is 1.32 bits per heavy atom. The molecular formula is C13H21ClN2O2S. The topological polar surface area (TPSA) is 49.4 Å². The lowest BCUT2D eigenvalue weighted by Gasteiger charge is -2.32. The third-order valence-corrected chi connectivity index (χ3v) is 5.41. The van der Waals surface area contributed by atoms with E-state index >= 15 is 0 Å². The molecule has 1 aliphatic heterocycles. The minimum absolute atomic E-state index is 0. The molecule has 4 nitrogen and oxygen atoms in total. The van der Waals surface area contributed by atoms with Gasteiger partial charge >= 0.3 is 0 Å². The maximum atomic E-state index is 12.5. The molecule has 1 unspecified atom stereocenters. The Morgan fingerprint density at radius 3 is 2.47 bits per heavy atom. The highest BCUT2D eigenvalue weighted by molar-refractivity contribution is 7.89. The summed E-state index contributed by atoms with van der Waals surface area (Å²) in [7, 11) is -3.34. The van der Waals surface area contributed by atoms with Crippen LogP contribution in [-0.4, -0.2) is 38.4 Å². The van der Waals surface area contributed by atoms with Crippen molar-refractivity contribution in [3.63, 3.8) is 0 Å². The van der Waals surface area contributed by atoms with Crippen LogP contribution < -0.4 is 5.32 Å². The summed E-state index contributed by atoms with van der Waals surface area (Å²) in [6.45, 7) is 5.97. The predicted octanol–water partition coefficient (Wildman–Crippen LogP) is 1.65. The van der Waals surface area contributed by atoms with Crippen molar-refractivity contribution in [3.05, 3.63) is 29.8 Å². The highest BCUT2D eigenvalue weighted by atomic mass is 35.5. The van der Waals surface area contributed by atoms with Gasteiger partial charge in [0.15, 0.2) is 0 Å². The smallest absolute Gasteiger partial charge is 0.243 e. The second-order valence-corrected chi connectivity index (χ2v) is 6.56. The average Bonchev–Trinajstić information content (AvgIpc) is 2.39. The van der Waals surface area contributed by atoms with Crippen molar-refractivity contribution in [1.82, 2.24) is 9.62 Å². The van der Waals surface area contributed by atoms with Crippen LogP contribution in [-0.2, 0) is 16.4 Å². The normalized spacial score (nSPS) is 20.8. The van der Waals surface area contributed by atoms with Gasteiger partial charge in [-0.2, -0.15) is 4.31 Å². The van der Waals surface area contributed by atoms with E-state index < -0.39 is 10.0 Å². The first-order chi connectivity index (χ1) is 8.55. The van der Waals surface area contributed by atoms with Crippen molar-refractivity contribution in [3.8, 4) is 0 Å². The molecule has 1 aromatic carbocycles. The molecule has 19 heavy (non-hydrogen) atoms. The lowest BCUT2D eigenvalue weighted by Crippen LogP contribution is -2.52. The standard InChI is InChI=1S/C13H20N2O2S.ClH/c1-3-12-4-6-13(7-5-12)18(16,17)15-9-8-14-10-11(15)2;/h4-7,11,14H,3,8-10H2,1-2H3;1H. The first-order valence-corrected chi connectivity index (χ1v) is 7.81. The fourth-order valence-electron chi connectivity index (χ4n) is 2.21. The van der Waals surface area contributed by atoms with E-state index in [1.54, 1.807) is 16.4 Å². The zero-order valence-electron chi connectivity index (χ0n) is 11.3. The molecule has 0 spiro atoms. The third-order valence-electron chi connectivity index (χ3n) is 3.38. The molecule has 1 fully saturated rings. The van der Waals surface area contributed by atoms with Gasteiger partial charge < -0.3 is 5.32 Å². The molecule has 1 atom stereocenters. The summed E-state index contributed by atoms with van der Waals surface area (Å²) in [5, 5.41) is 3.20. The first-order valence-electron chi connectivity index (χ1n) is 6.37. The number of nitrogens with one attached hydrogen (secondary N) is 1.